The van der Waals surface area contributed by atoms with Gasteiger partial charge in [-0.15, -0.1) is 0 Å². The lowest BCUT2D eigenvalue weighted by Gasteiger charge is -1.81. The third-order valence-electron chi connectivity index (χ3n) is 0.601. The van der Waals surface area contributed by atoms with Crippen LogP contribution in [0.4, 0.5) is 0 Å². The van der Waals surface area contributed by atoms with Crippen molar-refractivity contribution in [3.63, 3.8) is 0 Å². The van der Waals surface area contributed by atoms with Gasteiger partial charge in [0.1, 0.15) is 5.41 Å². The molecule has 0 N–H and O–H groups in total. The van der Waals surface area contributed by atoms with Crippen LogP contribution in [0.5, 0.6) is 0 Å². The predicted octanol–water partition coefficient (Wildman–Crippen LogP) is -2.00. The van der Waals surface area contributed by atoms with E-state index in [1.807, 2.05) is 0 Å². The van der Waals surface area contributed by atoms with Crippen molar-refractivity contribution in [3.8, 4) is 0 Å². The molecule has 0 aromatic heterocycles. The first-order chi connectivity index (χ1) is 2.64. The molecule has 0 saturated carbocycles. The van der Waals surface area contributed by atoms with Crippen molar-refractivity contribution in [1.82, 2.24) is 0 Å². The Labute approximate surface area is 51.3 Å². The zero-order valence-corrected chi connectivity index (χ0v) is 6.12. The Morgan fingerprint density at radius 2 is 1.86 bits per heavy atom. The third kappa shape index (κ3) is 5.84. The molecule has 0 bridgehead atoms. The lowest BCUT2D eigenvalue weighted by Crippen LogP contribution is -1.93. The van der Waals surface area contributed by atoms with Gasteiger partial charge >= 0.3 is 0 Å². The van der Waals surface area contributed by atoms with Gasteiger partial charge in [0, 0.05) is 0 Å². The second kappa shape index (κ2) is 4.01. The molecular weight excluding hydrogens is 120 g/mol. The number of hydrogen-bond donors (Lipinski definition) is 0. The fraction of sp³-hybridized carbons (Fsp3) is 0.250. The Morgan fingerprint density at radius 1 is 1.71 bits per heavy atom. The molecule has 0 spiro atoms. The van der Waals surface area contributed by atoms with E-state index in [1.165, 1.54) is 0 Å². The second-order valence-electron chi connectivity index (χ2n) is 1.34. The summed E-state index contributed by atoms with van der Waals surface area (Å²) in [4.78, 5) is 10.1. The molecule has 42 valence electrons. The summed E-state index contributed by atoms with van der Waals surface area (Å²) in [6.07, 6.45) is 0. The summed E-state index contributed by atoms with van der Waals surface area (Å²) < 4.78 is 0. The van der Waals surface area contributed by atoms with Gasteiger partial charge in [0.15, 0.2) is 0 Å². The fourth-order valence-electron chi connectivity index (χ4n) is 0. The van der Waals surface area contributed by atoms with Crippen LogP contribution in [-0.2, 0) is 4.79 Å². The third-order valence-corrected chi connectivity index (χ3v) is 1.45. The first-order valence-corrected chi connectivity index (χ1v) is 2.81. The van der Waals surface area contributed by atoms with Gasteiger partial charge in [-0.25, -0.2) is 0 Å². The molecule has 0 radical (unpaired) electrons. The molecule has 0 aromatic rings. The average molecular weight is 132 g/mol. The minimum Gasteiger partial charge on any atom is -0.302 e. The maximum absolute atomic E-state index is 10.1. The number of rotatable bonds is 1. The van der Waals surface area contributed by atoms with Gasteiger partial charge in [-0.05, 0) is 23.5 Å². The molecule has 0 aromatic carbocycles. The maximum Gasteiger partial charge on any atom is 0.124 e. The molecule has 0 rings (SSSR count). The zero-order valence-electron chi connectivity index (χ0n) is 4.12. The van der Waals surface area contributed by atoms with Crippen LogP contribution >= 0.6 is 0 Å². The summed E-state index contributed by atoms with van der Waals surface area (Å²) >= 11 is 0. The van der Waals surface area contributed by atoms with E-state index < -0.39 is 0 Å². The Bertz CT molecular complexity index is 75.7. The van der Waals surface area contributed by atoms with E-state index in [4.69, 9.17) is 0 Å². The second-order valence-corrected chi connectivity index (χ2v) is 2.24. The molecule has 0 atom stereocenters. The van der Waals surface area contributed by atoms with Gasteiger partial charge in [0.25, 0.3) is 0 Å². The van der Waals surface area contributed by atoms with Crippen LogP contribution in [0.15, 0.2) is 12.2 Å². The summed E-state index contributed by atoms with van der Waals surface area (Å²) in [7, 11) is 0.615. The van der Waals surface area contributed by atoms with Crippen LogP contribution < -0.4 is 0 Å². The largest absolute Gasteiger partial charge is 0.302 e. The van der Waals surface area contributed by atoms with Gasteiger partial charge in [-0.3, -0.25) is 0 Å². The summed E-state index contributed by atoms with van der Waals surface area (Å²) in [5, 5.41) is 0.204. The molecule has 0 saturated heterocycles. The first-order valence-electron chi connectivity index (χ1n) is 1.81. The highest BCUT2D eigenvalue weighted by atomic mass is 28.1. The number of allylic oxidation sites excluding steroid dienone is 1. The predicted molar refractivity (Wildman–Crippen MR) is 41.1 cm³/mol. The molecule has 1 nitrogen and oxygen atoms in total. The average Bonchev–Trinajstić information content (AvgIpc) is 1.36. The number of carbonyl (C=O) groups excluding carboxylic acids is 1. The highest BCUT2D eigenvalue weighted by Crippen LogP contribution is 1.80. The first kappa shape index (κ1) is 9.96. The molecule has 0 amide bonds. The van der Waals surface area contributed by atoms with Crippen molar-refractivity contribution in [3.05, 3.63) is 12.2 Å². The Hall–Kier alpha value is -0.156. The van der Waals surface area contributed by atoms with Crippen LogP contribution in [0.1, 0.15) is 6.92 Å². The van der Waals surface area contributed by atoms with E-state index in [9.17, 15) is 4.79 Å². The van der Waals surface area contributed by atoms with Crippen molar-refractivity contribution in [1.29, 1.82) is 0 Å². The minimum atomic E-state index is 0. The molecule has 0 heterocycles. The van der Waals surface area contributed by atoms with Gasteiger partial charge in [-0.2, -0.15) is 0 Å². The molecular formula is C4H12OSi2. The molecule has 0 fully saturated rings. The summed E-state index contributed by atoms with van der Waals surface area (Å²) in [5.74, 6) is 0. The van der Waals surface area contributed by atoms with Gasteiger partial charge in [-0.1, -0.05) is 6.58 Å². The number of hydrogen-bond acceptors (Lipinski definition) is 1. The van der Waals surface area contributed by atoms with Crippen molar-refractivity contribution in [2.45, 2.75) is 6.92 Å². The van der Waals surface area contributed by atoms with Gasteiger partial charge < -0.3 is 4.79 Å². The Morgan fingerprint density at radius 3 is 1.86 bits per heavy atom. The van der Waals surface area contributed by atoms with E-state index >= 15 is 0 Å². The van der Waals surface area contributed by atoms with Crippen LogP contribution in [0.25, 0.3) is 0 Å². The number of carbonyl (C=O) groups is 1. The van der Waals surface area contributed by atoms with E-state index in [-0.39, 0.29) is 16.4 Å². The summed E-state index contributed by atoms with van der Waals surface area (Å²) in [5.41, 5.74) is 0.682. The topological polar surface area (TPSA) is 17.1 Å². The van der Waals surface area contributed by atoms with E-state index in [2.05, 4.69) is 6.58 Å². The van der Waals surface area contributed by atoms with E-state index in [0.717, 1.165) is 0 Å². The fourth-order valence-corrected chi connectivity index (χ4v) is 0. The summed E-state index contributed by atoms with van der Waals surface area (Å²) in [6.45, 7) is 5.17. The lowest BCUT2D eigenvalue weighted by molar-refractivity contribution is -0.108. The highest BCUT2D eigenvalue weighted by Gasteiger charge is 1.85. The molecule has 7 heavy (non-hydrogen) atoms. The van der Waals surface area contributed by atoms with Crippen molar-refractivity contribution >= 4 is 26.6 Å². The van der Waals surface area contributed by atoms with E-state index in [0.29, 0.717) is 15.8 Å². The van der Waals surface area contributed by atoms with Crippen LogP contribution in [-0.4, -0.2) is 26.6 Å². The Kier molecular flexibility index (Phi) is 5.71. The normalized spacial score (nSPS) is 7.00. The van der Waals surface area contributed by atoms with Gasteiger partial charge in [0.05, 0.1) is 10.2 Å². The molecule has 3 heteroatoms. The highest BCUT2D eigenvalue weighted by molar-refractivity contribution is 6.62. The van der Waals surface area contributed by atoms with E-state index in [1.54, 1.807) is 6.92 Å². The van der Waals surface area contributed by atoms with Crippen LogP contribution in [0.2, 0.25) is 0 Å². The monoisotopic (exact) mass is 132 g/mol. The quantitative estimate of drug-likeness (QED) is 0.298. The Balaban J connectivity index is 0. The SMILES string of the molecule is C=C(C)C(=O)[SiH3].[SiH4]. The summed E-state index contributed by atoms with van der Waals surface area (Å²) in [6, 6.07) is 0. The smallest absolute Gasteiger partial charge is 0.124 e. The minimum absolute atomic E-state index is 0. The van der Waals surface area contributed by atoms with Crippen molar-refractivity contribution in [2.75, 3.05) is 0 Å². The molecule has 0 aliphatic carbocycles. The zero-order chi connectivity index (χ0) is 5.15. The lowest BCUT2D eigenvalue weighted by atomic mass is 10.4. The van der Waals surface area contributed by atoms with Gasteiger partial charge in [0.2, 0.25) is 0 Å². The van der Waals surface area contributed by atoms with Crippen molar-refractivity contribution in [2.24, 2.45) is 0 Å². The molecule has 0 aliphatic rings. The molecule has 0 aliphatic heterocycles. The van der Waals surface area contributed by atoms with Crippen molar-refractivity contribution < 1.29 is 4.79 Å². The maximum atomic E-state index is 10.1. The van der Waals surface area contributed by atoms with Crippen LogP contribution in [0, 0.1) is 0 Å². The molecule has 0 unspecified atom stereocenters. The standard InChI is InChI=1S/C4H8OSi.H4Si/c1-3(2)4(5)6;/h1H2,2,6H3;1H4. The van der Waals surface area contributed by atoms with Crippen LogP contribution in [0.3, 0.4) is 0 Å².